The van der Waals surface area contributed by atoms with E-state index in [1.807, 2.05) is 20.8 Å². The van der Waals surface area contributed by atoms with Gasteiger partial charge in [0.05, 0.1) is 29.6 Å². The number of carbonyl (C=O) groups excluding carboxylic acids is 3. The molecule has 12 heteroatoms. The molecule has 0 saturated carbocycles. The average molecular weight is 492 g/mol. The van der Waals surface area contributed by atoms with Crippen LogP contribution in [0.25, 0.3) is 0 Å². The minimum Gasteiger partial charge on any atom is -0.391 e. The van der Waals surface area contributed by atoms with E-state index in [0.29, 0.717) is 16.4 Å². The zero-order valence-corrected chi connectivity index (χ0v) is 20.3. The summed E-state index contributed by atoms with van der Waals surface area (Å²) in [5.41, 5.74) is 0.348. The van der Waals surface area contributed by atoms with Crippen molar-refractivity contribution >= 4 is 35.1 Å². The Bertz CT molecular complexity index is 1050. The topological polar surface area (TPSA) is 141 Å². The number of benzene rings is 1. The van der Waals surface area contributed by atoms with Crippen LogP contribution in [0.1, 0.15) is 38.9 Å². The third-order valence-corrected chi connectivity index (χ3v) is 5.87. The van der Waals surface area contributed by atoms with Crippen LogP contribution in [0.15, 0.2) is 30.5 Å². The lowest BCUT2D eigenvalue weighted by Crippen LogP contribution is -2.49. The molecule has 0 radical (unpaired) electrons. The lowest BCUT2D eigenvalue weighted by atomic mass is 9.85. The number of hydrogen-bond donors (Lipinski definition) is 4. The number of urea groups is 1. The van der Waals surface area contributed by atoms with Gasteiger partial charge in [-0.3, -0.25) is 9.59 Å². The molecule has 34 heavy (non-hydrogen) atoms. The van der Waals surface area contributed by atoms with Crippen molar-refractivity contribution in [1.29, 1.82) is 0 Å². The maximum atomic E-state index is 13.5. The van der Waals surface area contributed by atoms with E-state index in [2.05, 4.69) is 26.3 Å². The second-order valence-electron chi connectivity index (χ2n) is 9.26. The summed E-state index contributed by atoms with van der Waals surface area (Å²) in [5.74, 6) is -0.663. The third kappa shape index (κ3) is 5.84. The standard InChI is InChI=1S/C22H30ClN7O4/c1-22(2,3)18(20(33)29-12-14(31)9-17(29)19(32)24-4)30-11-13(27-28-30)10-25-21(34)26-16-8-6-5-7-15(16)23/h5-8,11,14,17-18,31H,9-10,12H2,1-4H3,(H,24,32)(H2,25,26,34)/t14?,17-,18?/m1/s1. The van der Waals surface area contributed by atoms with Crippen LogP contribution in [0.2, 0.25) is 5.02 Å². The highest BCUT2D eigenvalue weighted by Crippen LogP contribution is 2.34. The number of nitrogens with one attached hydrogen (secondary N) is 3. The van der Waals surface area contributed by atoms with E-state index in [-0.39, 0.29) is 31.3 Å². The van der Waals surface area contributed by atoms with Gasteiger partial charge < -0.3 is 26.0 Å². The van der Waals surface area contributed by atoms with Gasteiger partial charge in [-0.1, -0.05) is 49.7 Å². The fraction of sp³-hybridized carbons (Fsp3) is 0.500. The van der Waals surface area contributed by atoms with Gasteiger partial charge in [0.25, 0.3) is 0 Å². The van der Waals surface area contributed by atoms with Gasteiger partial charge in [0.2, 0.25) is 11.8 Å². The van der Waals surface area contributed by atoms with Gasteiger partial charge in [-0.05, 0) is 17.5 Å². The average Bonchev–Trinajstić information content (AvgIpc) is 3.39. The summed E-state index contributed by atoms with van der Waals surface area (Å²) >= 11 is 6.05. The van der Waals surface area contributed by atoms with Crippen molar-refractivity contribution in [3.8, 4) is 0 Å². The second kappa shape index (κ2) is 10.4. The minimum atomic E-state index is -0.779. The van der Waals surface area contributed by atoms with Crippen LogP contribution < -0.4 is 16.0 Å². The molecule has 1 aliphatic heterocycles. The molecule has 1 aliphatic rings. The van der Waals surface area contributed by atoms with Crippen molar-refractivity contribution in [3.05, 3.63) is 41.2 Å². The first-order valence-corrected chi connectivity index (χ1v) is 11.3. The van der Waals surface area contributed by atoms with Crippen LogP contribution >= 0.6 is 11.6 Å². The highest BCUT2D eigenvalue weighted by Gasteiger charge is 2.45. The highest BCUT2D eigenvalue weighted by atomic mass is 35.5. The van der Waals surface area contributed by atoms with Crippen molar-refractivity contribution in [2.45, 2.75) is 51.9 Å². The number of β-amino-alcohol motifs (C(OH)–C–C–N with tert-alkyl or cyclic N) is 1. The predicted octanol–water partition coefficient (Wildman–Crippen LogP) is 1.55. The monoisotopic (exact) mass is 491 g/mol. The Morgan fingerprint density at radius 3 is 2.62 bits per heavy atom. The molecule has 0 bridgehead atoms. The van der Waals surface area contributed by atoms with E-state index in [0.717, 1.165) is 0 Å². The van der Waals surface area contributed by atoms with Crippen molar-refractivity contribution in [1.82, 2.24) is 30.5 Å². The van der Waals surface area contributed by atoms with Gasteiger partial charge in [0.15, 0.2) is 0 Å². The maximum absolute atomic E-state index is 13.5. The van der Waals surface area contributed by atoms with Crippen molar-refractivity contribution in [3.63, 3.8) is 0 Å². The second-order valence-corrected chi connectivity index (χ2v) is 9.66. The van der Waals surface area contributed by atoms with Crippen LogP contribution in [0, 0.1) is 5.41 Å². The molecular weight excluding hydrogens is 462 g/mol. The first-order valence-electron chi connectivity index (χ1n) is 10.9. The molecule has 184 valence electrons. The molecule has 1 aromatic carbocycles. The number of carbonyl (C=O) groups is 3. The molecule has 2 unspecified atom stereocenters. The fourth-order valence-electron chi connectivity index (χ4n) is 3.93. The van der Waals surface area contributed by atoms with Gasteiger partial charge in [0, 0.05) is 20.0 Å². The lowest BCUT2D eigenvalue weighted by Gasteiger charge is -2.34. The van der Waals surface area contributed by atoms with E-state index < -0.39 is 29.6 Å². The SMILES string of the molecule is CNC(=O)[C@H]1CC(O)CN1C(=O)C(n1cc(CNC(=O)Nc2ccccc2Cl)nn1)C(C)(C)C. The van der Waals surface area contributed by atoms with E-state index >= 15 is 0 Å². The number of amides is 4. The normalized spacial score (nSPS) is 18.9. The van der Waals surface area contributed by atoms with Crippen LogP contribution in [0.5, 0.6) is 0 Å². The number of aliphatic hydroxyl groups excluding tert-OH is 1. The summed E-state index contributed by atoms with van der Waals surface area (Å²) in [5, 5.41) is 26.6. The van der Waals surface area contributed by atoms with Crippen LogP contribution in [0.3, 0.4) is 0 Å². The number of halogens is 1. The first-order chi connectivity index (χ1) is 16.0. The summed E-state index contributed by atoms with van der Waals surface area (Å²) in [6.07, 6.45) is 0.986. The molecule has 0 spiro atoms. The zero-order chi connectivity index (χ0) is 25.0. The van der Waals surface area contributed by atoms with Gasteiger partial charge in [-0.25, -0.2) is 9.48 Å². The van der Waals surface area contributed by atoms with Crippen molar-refractivity contribution in [2.24, 2.45) is 5.41 Å². The summed E-state index contributed by atoms with van der Waals surface area (Å²) in [7, 11) is 1.50. The molecule has 1 fully saturated rings. The number of rotatable bonds is 6. The summed E-state index contributed by atoms with van der Waals surface area (Å²) in [6, 6.07) is 4.87. The highest BCUT2D eigenvalue weighted by molar-refractivity contribution is 6.33. The number of anilines is 1. The summed E-state index contributed by atoms with van der Waals surface area (Å²) in [4.78, 5) is 39.4. The molecular formula is C22H30ClN7O4. The number of aromatic nitrogens is 3. The summed E-state index contributed by atoms with van der Waals surface area (Å²) in [6.45, 7) is 5.79. The smallest absolute Gasteiger partial charge is 0.319 e. The Hall–Kier alpha value is -3.18. The Morgan fingerprint density at radius 1 is 1.26 bits per heavy atom. The molecule has 1 aromatic heterocycles. The number of nitrogens with zero attached hydrogens (tertiary/aromatic N) is 4. The van der Waals surface area contributed by atoms with E-state index in [1.165, 1.54) is 16.6 Å². The zero-order valence-electron chi connectivity index (χ0n) is 19.6. The molecule has 2 aromatic rings. The molecule has 4 amide bonds. The van der Waals surface area contributed by atoms with Gasteiger partial charge in [-0.2, -0.15) is 0 Å². The molecule has 3 atom stereocenters. The van der Waals surface area contributed by atoms with Crippen molar-refractivity contribution in [2.75, 3.05) is 18.9 Å². The molecule has 3 rings (SSSR count). The van der Waals surface area contributed by atoms with Crippen LogP contribution in [0.4, 0.5) is 10.5 Å². The molecule has 0 aliphatic carbocycles. The number of likely N-dealkylation sites (tertiary alicyclic amines) is 1. The van der Waals surface area contributed by atoms with Gasteiger partial charge in [-0.15, -0.1) is 5.10 Å². The Kier molecular flexibility index (Phi) is 7.78. The number of aliphatic hydroxyl groups is 1. The molecule has 11 nitrogen and oxygen atoms in total. The number of para-hydroxylation sites is 1. The van der Waals surface area contributed by atoms with Gasteiger partial charge >= 0.3 is 6.03 Å². The number of hydrogen-bond acceptors (Lipinski definition) is 6. The molecule has 2 heterocycles. The summed E-state index contributed by atoms with van der Waals surface area (Å²) < 4.78 is 1.44. The largest absolute Gasteiger partial charge is 0.391 e. The maximum Gasteiger partial charge on any atom is 0.319 e. The quantitative estimate of drug-likeness (QED) is 0.483. The van der Waals surface area contributed by atoms with E-state index in [4.69, 9.17) is 11.6 Å². The predicted molar refractivity (Wildman–Crippen MR) is 126 cm³/mol. The Labute approximate surface area is 202 Å². The molecule has 4 N–H and O–H groups in total. The molecule has 1 saturated heterocycles. The Balaban J connectivity index is 1.72. The number of likely N-dealkylation sites (N-methyl/N-ethyl adjacent to an activating group) is 1. The van der Waals surface area contributed by atoms with Crippen LogP contribution in [-0.4, -0.2) is 68.6 Å². The van der Waals surface area contributed by atoms with Crippen molar-refractivity contribution < 1.29 is 19.5 Å². The Morgan fingerprint density at radius 2 is 1.97 bits per heavy atom. The van der Waals surface area contributed by atoms with E-state index in [9.17, 15) is 19.5 Å². The fourth-order valence-corrected chi connectivity index (χ4v) is 4.11. The third-order valence-electron chi connectivity index (χ3n) is 5.54. The lowest BCUT2D eigenvalue weighted by molar-refractivity contribution is -0.144. The van der Waals surface area contributed by atoms with Crippen LogP contribution in [-0.2, 0) is 16.1 Å². The van der Waals surface area contributed by atoms with Gasteiger partial charge in [0.1, 0.15) is 17.8 Å². The first kappa shape index (κ1) is 25.4. The minimum absolute atomic E-state index is 0.0643. The van der Waals surface area contributed by atoms with E-state index in [1.54, 1.807) is 30.5 Å².